The number of nitrogens with one attached hydrogen (secondary N) is 1. The molecule has 2 aliphatic heterocycles. The van der Waals surface area contributed by atoms with Gasteiger partial charge in [0.15, 0.2) is 6.04 Å². The molecule has 2 aliphatic rings. The van der Waals surface area contributed by atoms with Crippen molar-refractivity contribution in [3.8, 4) is 0 Å². The van der Waals surface area contributed by atoms with Gasteiger partial charge in [-0.1, -0.05) is 44.2 Å². The van der Waals surface area contributed by atoms with E-state index in [4.69, 9.17) is 20.3 Å². The third kappa shape index (κ3) is 4.13. The van der Waals surface area contributed by atoms with E-state index in [1.807, 2.05) is 20.8 Å². The topological polar surface area (TPSA) is 128 Å². The van der Waals surface area contributed by atoms with Crippen molar-refractivity contribution in [1.82, 2.24) is 5.32 Å². The number of nitrogens with two attached hydrogens (primary N) is 1. The molecule has 2 saturated heterocycles. The summed E-state index contributed by atoms with van der Waals surface area (Å²) in [6, 6.07) is 6.29. The van der Waals surface area contributed by atoms with Crippen LogP contribution < -0.4 is 11.1 Å². The first-order chi connectivity index (χ1) is 13.5. The maximum Gasteiger partial charge on any atom is 0.333 e. The first kappa shape index (κ1) is 21.3. The van der Waals surface area contributed by atoms with Crippen molar-refractivity contribution in [3.05, 3.63) is 35.9 Å². The van der Waals surface area contributed by atoms with Gasteiger partial charge in [0.25, 0.3) is 0 Å². The van der Waals surface area contributed by atoms with Gasteiger partial charge in [-0.05, 0) is 25.3 Å². The van der Waals surface area contributed by atoms with Crippen LogP contribution in [0, 0.1) is 5.41 Å². The summed E-state index contributed by atoms with van der Waals surface area (Å²) in [5, 5.41) is 11.4. The van der Waals surface area contributed by atoms with E-state index in [1.165, 1.54) is 0 Å². The lowest BCUT2D eigenvalue weighted by Gasteiger charge is -2.39. The van der Waals surface area contributed by atoms with Crippen molar-refractivity contribution in [2.75, 3.05) is 0 Å². The van der Waals surface area contributed by atoms with Crippen LogP contribution in [-0.2, 0) is 23.9 Å². The molecule has 8 heteroatoms. The summed E-state index contributed by atoms with van der Waals surface area (Å²) in [4.78, 5) is 36.4. The van der Waals surface area contributed by atoms with Gasteiger partial charge in [-0.15, -0.1) is 0 Å². The Morgan fingerprint density at radius 1 is 1.28 bits per heavy atom. The molecule has 158 valence electrons. The van der Waals surface area contributed by atoms with E-state index < -0.39 is 48.1 Å². The SMILES string of the molecule is CC12CC[C@H](O1)C(C)(C)[C@H]2OC(=O)[C@H](NC(=O)[C@@H](N)CC(=O)O)c1ccccc1. The molecule has 0 aromatic heterocycles. The number of carboxylic acid groups (broad SMARTS) is 1. The standard InChI is InChI=1S/C21H28N2O6/c1-20(2)14-9-10-21(3,29-14)19(20)28-18(27)16(12-7-5-4-6-8-12)23-17(26)13(22)11-15(24)25/h4-8,13-14,16,19H,9-11,22H2,1-3H3,(H,23,26)(H,24,25)/t13-,14-,16+,19+,21?/m0/s1. The van der Waals surface area contributed by atoms with Crippen molar-refractivity contribution in [2.24, 2.45) is 11.1 Å². The van der Waals surface area contributed by atoms with Crippen LogP contribution in [0.1, 0.15) is 51.6 Å². The highest BCUT2D eigenvalue weighted by Gasteiger charge is 2.63. The van der Waals surface area contributed by atoms with Crippen molar-refractivity contribution in [2.45, 2.75) is 69.9 Å². The van der Waals surface area contributed by atoms with Gasteiger partial charge in [0.1, 0.15) is 11.7 Å². The minimum atomic E-state index is -1.27. The number of carbonyl (C=O) groups is 3. The number of ether oxygens (including phenoxy) is 2. The van der Waals surface area contributed by atoms with E-state index in [9.17, 15) is 14.4 Å². The van der Waals surface area contributed by atoms with Gasteiger partial charge in [0.05, 0.1) is 18.6 Å². The van der Waals surface area contributed by atoms with E-state index in [0.717, 1.165) is 12.8 Å². The molecule has 29 heavy (non-hydrogen) atoms. The molecule has 1 unspecified atom stereocenters. The van der Waals surface area contributed by atoms with Crippen molar-refractivity contribution in [3.63, 3.8) is 0 Å². The van der Waals surface area contributed by atoms with Crippen LogP contribution in [0.3, 0.4) is 0 Å². The number of hydrogen-bond acceptors (Lipinski definition) is 6. The van der Waals surface area contributed by atoms with E-state index >= 15 is 0 Å². The van der Waals surface area contributed by atoms with Crippen LogP contribution in [0.2, 0.25) is 0 Å². The molecule has 0 aliphatic carbocycles. The zero-order chi connectivity index (χ0) is 21.4. The van der Waals surface area contributed by atoms with E-state index in [1.54, 1.807) is 30.3 Å². The number of aliphatic carboxylic acids is 1. The third-order valence-electron chi connectivity index (χ3n) is 6.00. The highest BCUT2D eigenvalue weighted by molar-refractivity contribution is 5.90. The minimum Gasteiger partial charge on any atom is -0.481 e. The fraction of sp³-hybridized carbons (Fsp3) is 0.571. The molecular weight excluding hydrogens is 376 g/mol. The lowest BCUT2D eigenvalue weighted by molar-refractivity contribution is -0.166. The molecule has 2 heterocycles. The Labute approximate surface area is 169 Å². The Morgan fingerprint density at radius 2 is 1.93 bits per heavy atom. The van der Waals surface area contributed by atoms with Gasteiger partial charge in [-0.3, -0.25) is 9.59 Å². The summed E-state index contributed by atoms with van der Waals surface area (Å²) in [6.07, 6.45) is 0.730. The van der Waals surface area contributed by atoms with Gasteiger partial charge < -0.3 is 25.6 Å². The predicted octanol–water partition coefficient (Wildman–Crippen LogP) is 1.54. The van der Waals surface area contributed by atoms with Crippen LogP contribution in [0.15, 0.2) is 30.3 Å². The second kappa shape index (κ2) is 7.76. The van der Waals surface area contributed by atoms with Gasteiger partial charge >= 0.3 is 11.9 Å². The monoisotopic (exact) mass is 404 g/mol. The van der Waals surface area contributed by atoms with E-state index in [2.05, 4.69) is 5.32 Å². The number of carboxylic acids is 1. The van der Waals surface area contributed by atoms with E-state index in [0.29, 0.717) is 5.56 Å². The van der Waals surface area contributed by atoms with Crippen LogP contribution in [0.5, 0.6) is 0 Å². The Kier molecular flexibility index (Phi) is 5.69. The first-order valence-electron chi connectivity index (χ1n) is 9.75. The van der Waals surface area contributed by atoms with Crippen LogP contribution >= 0.6 is 0 Å². The zero-order valence-electron chi connectivity index (χ0n) is 16.9. The maximum absolute atomic E-state index is 13.1. The second-order valence-electron chi connectivity index (χ2n) is 8.65. The number of amides is 1. The highest BCUT2D eigenvalue weighted by Crippen LogP contribution is 2.55. The Hall–Kier alpha value is -2.45. The molecule has 1 aromatic carbocycles. The van der Waals surface area contributed by atoms with Gasteiger partial charge in [-0.2, -0.15) is 0 Å². The molecule has 0 saturated carbocycles. The molecular formula is C21H28N2O6. The Morgan fingerprint density at radius 3 is 2.48 bits per heavy atom. The number of rotatable bonds is 7. The minimum absolute atomic E-state index is 0.0130. The molecule has 5 atom stereocenters. The highest BCUT2D eigenvalue weighted by atomic mass is 16.6. The average Bonchev–Trinajstić information content (AvgIpc) is 3.14. The predicted molar refractivity (Wildman–Crippen MR) is 104 cm³/mol. The summed E-state index contributed by atoms with van der Waals surface area (Å²) in [7, 11) is 0. The number of esters is 1. The fourth-order valence-corrected chi connectivity index (χ4v) is 4.45. The largest absolute Gasteiger partial charge is 0.481 e. The van der Waals surface area contributed by atoms with Gasteiger partial charge in [0, 0.05) is 5.41 Å². The van der Waals surface area contributed by atoms with Crippen molar-refractivity contribution in [1.29, 1.82) is 0 Å². The van der Waals surface area contributed by atoms with Gasteiger partial charge in [-0.25, -0.2) is 4.79 Å². The number of hydrogen-bond donors (Lipinski definition) is 3. The van der Waals surface area contributed by atoms with Crippen LogP contribution in [0.25, 0.3) is 0 Å². The first-order valence-corrected chi connectivity index (χ1v) is 9.75. The number of carbonyl (C=O) groups excluding carboxylic acids is 2. The quantitative estimate of drug-likeness (QED) is 0.588. The summed E-state index contributed by atoms with van der Waals surface area (Å²) < 4.78 is 12.0. The molecule has 3 rings (SSSR count). The third-order valence-corrected chi connectivity index (χ3v) is 6.00. The lowest BCUT2D eigenvalue weighted by Crippen LogP contribution is -2.51. The summed E-state index contributed by atoms with van der Waals surface area (Å²) in [6.45, 7) is 5.97. The summed E-state index contributed by atoms with van der Waals surface area (Å²) in [5.74, 6) is -2.55. The zero-order valence-corrected chi connectivity index (χ0v) is 16.9. The van der Waals surface area contributed by atoms with Crippen molar-refractivity contribution < 1.29 is 29.0 Å². The Bertz CT molecular complexity index is 791. The second-order valence-corrected chi connectivity index (χ2v) is 8.65. The van der Waals surface area contributed by atoms with Crippen molar-refractivity contribution >= 4 is 17.8 Å². The van der Waals surface area contributed by atoms with Crippen LogP contribution in [0.4, 0.5) is 0 Å². The smallest absolute Gasteiger partial charge is 0.333 e. The Balaban J connectivity index is 1.80. The maximum atomic E-state index is 13.1. The molecule has 1 aromatic rings. The molecule has 0 spiro atoms. The molecule has 4 N–H and O–H groups in total. The molecule has 0 radical (unpaired) electrons. The summed E-state index contributed by atoms with van der Waals surface area (Å²) >= 11 is 0. The molecule has 8 nitrogen and oxygen atoms in total. The summed E-state index contributed by atoms with van der Waals surface area (Å²) in [5.41, 5.74) is 5.27. The molecule has 2 bridgehead atoms. The fourth-order valence-electron chi connectivity index (χ4n) is 4.45. The van der Waals surface area contributed by atoms with Gasteiger partial charge in [0.2, 0.25) is 5.91 Å². The van der Waals surface area contributed by atoms with Crippen LogP contribution in [-0.4, -0.2) is 46.8 Å². The number of benzene rings is 1. The number of fused-ring (bicyclic) bond motifs is 2. The normalized spacial score (nSPS) is 29.1. The molecule has 2 fully saturated rings. The van der Waals surface area contributed by atoms with E-state index in [-0.39, 0.29) is 11.5 Å². The lowest BCUT2D eigenvalue weighted by atomic mass is 9.70. The average molecular weight is 404 g/mol. The molecule has 1 amide bonds.